The Bertz CT molecular complexity index is 1240. The van der Waals surface area contributed by atoms with Crippen molar-refractivity contribution in [1.29, 1.82) is 0 Å². The van der Waals surface area contributed by atoms with Gasteiger partial charge in [-0.1, -0.05) is 23.4 Å². The third-order valence-electron chi connectivity index (χ3n) is 5.50. The summed E-state index contributed by atoms with van der Waals surface area (Å²) in [5, 5.41) is 5.12. The van der Waals surface area contributed by atoms with Gasteiger partial charge in [0.2, 0.25) is 11.8 Å². The van der Waals surface area contributed by atoms with Gasteiger partial charge in [-0.05, 0) is 35.9 Å². The Labute approximate surface area is 174 Å². The number of benzene rings is 2. The van der Waals surface area contributed by atoms with Crippen molar-refractivity contribution in [1.82, 2.24) is 15.1 Å². The molecular weight excluding hydrogens is 409 g/mol. The molecule has 3 heterocycles. The van der Waals surface area contributed by atoms with Crippen molar-refractivity contribution in [3.05, 3.63) is 77.6 Å². The van der Waals surface area contributed by atoms with Crippen LogP contribution in [0.5, 0.6) is 0 Å². The fourth-order valence-electron chi connectivity index (χ4n) is 3.91. The Morgan fingerprint density at radius 1 is 1.13 bits per heavy atom. The van der Waals surface area contributed by atoms with E-state index in [1.54, 1.807) is 0 Å². The van der Waals surface area contributed by atoms with Crippen LogP contribution in [0.25, 0.3) is 10.9 Å². The summed E-state index contributed by atoms with van der Waals surface area (Å²) in [5.41, 5.74) is 1.72. The fourth-order valence-corrected chi connectivity index (χ4v) is 3.91. The third kappa shape index (κ3) is 3.67. The first kappa shape index (κ1) is 19.3. The maximum atomic E-state index is 12.8. The molecule has 5 rings (SSSR count). The van der Waals surface area contributed by atoms with E-state index in [4.69, 9.17) is 4.52 Å². The summed E-state index contributed by atoms with van der Waals surface area (Å²) in [6.45, 7) is 0.288. The summed E-state index contributed by atoms with van der Waals surface area (Å²) in [7, 11) is 0. The minimum Gasteiger partial charge on any atom is -0.361 e. The molecule has 1 aliphatic rings. The predicted octanol–water partition coefficient (Wildman–Crippen LogP) is 4.68. The largest absolute Gasteiger partial charge is 0.416 e. The number of fused-ring (bicyclic) bond motifs is 1. The van der Waals surface area contributed by atoms with Crippen molar-refractivity contribution in [3.63, 3.8) is 0 Å². The van der Waals surface area contributed by atoms with Crippen molar-refractivity contribution in [3.8, 4) is 0 Å². The van der Waals surface area contributed by atoms with Crippen LogP contribution in [0, 0.1) is 0 Å². The van der Waals surface area contributed by atoms with Crippen LogP contribution in [0.1, 0.15) is 35.2 Å². The van der Waals surface area contributed by atoms with Gasteiger partial charge in [0.15, 0.2) is 5.82 Å². The van der Waals surface area contributed by atoms with E-state index in [1.807, 2.05) is 30.5 Å². The topological polar surface area (TPSA) is 75.0 Å². The second-order valence-electron chi connectivity index (χ2n) is 7.53. The molecule has 0 bridgehead atoms. The van der Waals surface area contributed by atoms with Gasteiger partial charge < -0.3 is 14.4 Å². The van der Waals surface area contributed by atoms with Gasteiger partial charge >= 0.3 is 6.18 Å². The van der Waals surface area contributed by atoms with Crippen LogP contribution in [0.3, 0.4) is 0 Å². The van der Waals surface area contributed by atoms with Gasteiger partial charge in [0.25, 0.3) is 0 Å². The smallest absolute Gasteiger partial charge is 0.361 e. The van der Waals surface area contributed by atoms with Crippen LogP contribution in [-0.4, -0.2) is 27.6 Å². The number of aromatic amines is 1. The Morgan fingerprint density at radius 3 is 2.68 bits per heavy atom. The molecule has 0 aliphatic carbocycles. The number of para-hydroxylation sites is 1. The number of hydrogen-bond acceptors (Lipinski definition) is 4. The molecule has 0 saturated carbocycles. The van der Waals surface area contributed by atoms with Crippen molar-refractivity contribution in [2.24, 2.45) is 0 Å². The van der Waals surface area contributed by atoms with Crippen LogP contribution in [0.4, 0.5) is 18.9 Å². The Hall–Kier alpha value is -3.62. The first-order chi connectivity index (χ1) is 14.9. The molecule has 1 amide bonds. The number of halogens is 3. The standard InChI is InChI=1S/C22H17F3N4O2/c23-22(24,25)15-5-7-16(8-6-15)29-12-14(10-20(29)30)21-27-19(31-28-21)9-13-11-26-18-4-2-1-3-17(13)18/h1-8,11,14,26H,9-10,12H2. The number of nitrogens with one attached hydrogen (secondary N) is 1. The van der Waals surface area contributed by atoms with Crippen molar-refractivity contribution >= 4 is 22.5 Å². The maximum absolute atomic E-state index is 12.8. The molecule has 1 saturated heterocycles. The lowest BCUT2D eigenvalue weighted by Crippen LogP contribution is -2.24. The van der Waals surface area contributed by atoms with E-state index >= 15 is 0 Å². The van der Waals surface area contributed by atoms with Gasteiger partial charge in [-0.2, -0.15) is 18.2 Å². The Kier molecular flexibility index (Phi) is 4.53. The number of amides is 1. The molecule has 1 atom stereocenters. The highest BCUT2D eigenvalue weighted by atomic mass is 19.4. The highest BCUT2D eigenvalue weighted by Gasteiger charge is 2.35. The van der Waals surface area contributed by atoms with Gasteiger partial charge in [-0.15, -0.1) is 0 Å². The number of H-pyrrole nitrogens is 1. The SMILES string of the molecule is O=C1CC(c2noc(Cc3c[nH]c4ccccc34)n2)CN1c1ccc(C(F)(F)F)cc1. The first-order valence-electron chi connectivity index (χ1n) is 9.73. The van der Waals surface area contributed by atoms with E-state index in [9.17, 15) is 18.0 Å². The molecule has 158 valence electrons. The van der Waals surface area contributed by atoms with Crippen LogP contribution >= 0.6 is 0 Å². The highest BCUT2D eigenvalue weighted by Crippen LogP contribution is 2.34. The van der Waals surface area contributed by atoms with E-state index in [-0.39, 0.29) is 24.8 Å². The van der Waals surface area contributed by atoms with Crippen LogP contribution in [0.2, 0.25) is 0 Å². The summed E-state index contributed by atoms with van der Waals surface area (Å²) < 4.78 is 43.7. The van der Waals surface area contributed by atoms with Gasteiger partial charge in [-0.25, -0.2) is 0 Å². The van der Waals surface area contributed by atoms with Crippen molar-refractivity contribution in [2.75, 3.05) is 11.4 Å². The molecule has 0 spiro atoms. The third-order valence-corrected chi connectivity index (χ3v) is 5.50. The molecule has 0 radical (unpaired) electrons. The summed E-state index contributed by atoms with van der Waals surface area (Å²) >= 11 is 0. The van der Waals surface area contributed by atoms with Crippen molar-refractivity contribution in [2.45, 2.75) is 24.9 Å². The van der Waals surface area contributed by atoms with Crippen LogP contribution in [-0.2, 0) is 17.4 Å². The highest BCUT2D eigenvalue weighted by molar-refractivity contribution is 5.96. The Morgan fingerprint density at radius 2 is 1.90 bits per heavy atom. The molecule has 4 aromatic rings. The van der Waals surface area contributed by atoms with E-state index in [1.165, 1.54) is 17.0 Å². The second-order valence-corrected chi connectivity index (χ2v) is 7.53. The molecule has 1 N–H and O–H groups in total. The van der Waals surface area contributed by atoms with Crippen LogP contribution in [0.15, 0.2) is 59.3 Å². The molecule has 31 heavy (non-hydrogen) atoms. The van der Waals surface area contributed by atoms with Gasteiger partial charge in [0.1, 0.15) is 0 Å². The lowest BCUT2D eigenvalue weighted by molar-refractivity contribution is -0.137. The number of alkyl halides is 3. The molecule has 1 fully saturated rings. The van der Waals surface area contributed by atoms with E-state index in [2.05, 4.69) is 15.1 Å². The number of nitrogens with zero attached hydrogens (tertiary/aromatic N) is 3. The van der Waals surface area contributed by atoms with E-state index in [0.717, 1.165) is 28.6 Å². The zero-order valence-electron chi connectivity index (χ0n) is 16.2. The van der Waals surface area contributed by atoms with E-state index in [0.29, 0.717) is 23.8 Å². The fraction of sp³-hybridized carbons (Fsp3) is 0.227. The maximum Gasteiger partial charge on any atom is 0.416 e. The number of carbonyl (C=O) groups excluding carboxylic acids is 1. The summed E-state index contributed by atoms with van der Waals surface area (Å²) in [5.74, 6) is 0.404. The van der Waals surface area contributed by atoms with Gasteiger partial charge in [0, 0.05) is 41.7 Å². The monoisotopic (exact) mass is 426 g/mol. The van der Waals surface area contributed by atoms with E-state index < -0.39 is 11.7 Å². The summed E-state index contributed by atoms with van der Waals surface area (Å²) in [6, 6.07) is 12.5. The average molecular weight is 426 g/mol. The quantitative estimate of drug-likeness (QED) is 0.514. The molecular formula is C22H17F3N4O2. The number of hydrogen-bond donors (Lipinski definition) is 1. The molecule has 9 heteroatoms. The minimum atomic E-state index is -4.41. The van der Waals surface area contributed by atoms with Crippen LogP contribution < -0.4 is 4.90 Å². The normalized spacial score (nSPS) is 17.1. The number of anilines is 1. The molecule has 1 unspecified atom stereocenters. The lowest BCUT2D eigenvalue weighted by atomic mass is 10.1. The second kappa shape index (κ2) is 7.26. The summed E-state index contributed by atoms with van der Waals surface area (Å²) in [6.07, 6.45) is -1.88. The molecule has 2 aromatic carbocycles. The zero-order chi connectivity index (χ0) is 21.6. The number of rotatable bonds is 4. The lowest BCUT2D eigenvalue weighted by Gasteiger charge is -2.17. The number of aromatic nitrogens is 3. The Balaban J connectivity index is 1.31. The first-order valence-corrected chi connectivity index (χ1v) is 9.73. The molecule has 2 aromatic heterocycles. The average Bonchev–Trinajstić information content (AvgIpc) is 3.47. The predicted molar refractivity (Wildman–Crippen MR) is 107 cm³/mol. The number of carbonyl (C=O) groups is 1. The minimum absolute atomic E-state index is 0.174. The molecule has 6 nitrogen and oxygen atoms in total. The van der Waals surface area contributed by atoms with Gasteiger partial charge in [0.05, 0.1) is 12.0 Å². The summed E-state index contributed by atoms with van der Waals surface area (Å²) in [4.78, 5) is 21.6. The van der Waals surface area contributed by atoms with Gasteiger partial charge in [-0.3, -0.25) is 4.79 Å². The zero-order valence-corrected chi connectivity index (χ0v) is 16.2. The molecule has 1 aliphatic heterocycles. The van der Waals surface area contributed by atoms with Crippen molar-refractivity contribution < 1.29 is 22.5 Å².